The highest BCUT2D eigenvalue weighted by atomic mass is 35.5. The Labute approximate surface area is 132 Å². The summed E-state index contributed by atoms with van der Waals surface area (Å²) in [4.78, 5) is -0.0329. The fraction of sp³-hybridized carbons (Fsp3) is 0.250. The number of hydrogen-bond acceptors (Lipinski definition) is 4. The monoisotopic (exact) mass is 348 g/mol. The van der Waals surface area contributed by atoms with Gasteiger partial charge in [0.2, 0.25) is 10.0 Å². The molecule has 3 N–H and O–H groups in total. The Morgan fingerprint density at radius 3 is 2.71 bits per heavy atom. The van der Waals surface area contributed by atoms with Gasteiger partial charge in [-0.3, -0.25) is 4.68 Å². The summed E-state index contributed by atoms with van der Waals surface area (Å²) in [6, 6.07) is 4.59. The lowest BCUT2D eigenvalue weighted by atomic mass is 10.2. The second-order valence-corrected chi connectivity index (χ2v) is 6.73. The van der Waals surface area contributed by atoms with Crippen LogP contribution in [-0.2, 0) is 23.1 Å². The van der Waals surface area contributed by atoms with E-state index in [4.69, 9.17) is 28.9 Å². The second kappa shape index (κ2) is 6.76. The summed E-state index contributed by atoms with van der Waals surface area (Å²) in [5, 5.41) is 4.38. The van der Waals surface area contributed by atoms with Gasteiger partial charge in [0.05, 0.1) is 11.6 Å². The summed E-state index contributed by atoms with van der Waals surface area (Å²) < 4.78 is 28.6. The maximum absolute atomic E-state index is 12.3. The summed E-state index contributed by atoms with van der Waals surface area (Å²) in [6.45, 7) is 0.677. The lowest BCUT2D eigenvalue weighted by molar-refractivity contribution is 0.561. The molecule has 0 bridgehead atoms. The van der Waals surface area contributed by atoms with Crippen LogP contribution >= 0.6 is 23.2 Å². The quantitative estimate of drug-likeness (QED) is 0.829. The molecule has 114 valence electrons. The smallest absolute Gasteiger partial charge is 0.242 e. The Balaban J connectivity index is 2.16. The Hall–Kier alpha value is -1.12. The van der Waals surface area contributed by atoms with E-state index in [2.05, 4.69) is 9.82 Å². The molecule has 0 amide bonds. The van der Waals surface area contributed by atoms with Crippen LogP contribution in [0.15, 0.2) is 35.5 Å². The molecule has 2 aromatic rings. The van der Waals surface area contributed by atoms with E-state index in [0.717, 1.165) is 0 Å². The van der Waals surface area contributed by atoms with Gasteiger partial charge in [-0.25, -0.2) is 13.1 Å². The van der Waals surface area contributed by atoms with Gasteiger partial charge in [0, 0.05) is 36.1 Å². The molecule has 0 aliphatic heterocycles. The van der Waals surface area contributed by atoms with Crippen LogP contribution < -0.4 is 10.5 Å². The van der Waals surface area contributed by atoms with Gasteiger partial charge in [-0.1, -0.05) is 23.2 Å². The first-order chi connectivity index (χ1) is 9.95. The zero-order valence-corrected chi connectivity index (χ0v) is 13.3. The van der Waals surface area contributed by atoms with Gasteiger partial charge in [-0.05, 0) is 18.2 Å². The summed E-state index contributed by atoms with van der Waals surface area (Å²) in [5.41, 5.74) is 5.94. The van der Waals surface area contributed by atoms with Crippen LogP contribution in [-0.4, -0.2) is 24.7 Å². The molecule has 0 aliphatic carbocycles. The number of nitrogens with one attached hydrogen (secondary N) is 1. The third-order valence-corrected chi connectivity index (χ3v) is 5.24. The number of nitrogens with zero attached hydrogens (tertiary/aromatic N) is 2. The topological polar surface area (TPSA) is 90.0 Å². The van der Waals surface area contributed by atoms with Crippen LogP contribution in [0.3, 0.4) is 0 Å². The third kappa shape index (κ3) is 3.75. The van der Waals surface area contributed by atoms with E-state index in [1.165, 1.54) is 12.1 Å². The Bertz CT molecular complexity index is 717. The largest absolute Gasteiger partial charge is 0.326 e. The van der Waals surface area contributed by atoms with Crippen LogP contribution in [0.25, 0.3) is 0 Å². The van der Waals surface area contributed by atoms with Crippen LogP contribution in [0.4, 0.5) is 0 Å². The van der Waals surface area contributed by atoms with Crippen molar-refractivity contribution in [1.29, 1.82) is 0 Å². The number of halogens is 2. The summed E-state index contributed by atoms with van der Waals surface area (Å²) in [7, 11) is -3.73. The molecule has 1 aromatic heterocycles. The van der Waals surface area contributed by atoms with Gasteiger partial charge in [-0.15, -0.1) is 0 Å². The Morgan fingerprint density at radius 2 is 2.10 bits per heavy atom. The molecular formula is C12H14Cl2N4O2S. The predicted octanol–water partition coefficient (Wildman–Crippen LogP) is 1.63. The van der Waals surface area contributed by atoms with Crippen molar-refractivity contribution < 1.29 is 8.42 Å². The molecule has 9 heteroatoms. The second-order valence-electron chi connectivity index (χ2n) is 4.21. The average Bonchev–Trinajstić information content (AvgIpc) is 2.92. The van der Waals surface area contributed by atoms with Crippen molar-refractivity contribution in [1.82, 2.24) is 14.5 Å². The molecule has 1 aromatic carbocycles. The van der Waals surface area contributed by atoms with E-state index in [9.17, 15) is 8.42 Å². The number of nitrogens with two attached hydrogens (primary N) is 1. The molecule has 21 heavy (non-hydrogen) atoms. The molecule has 0 fully saturated rings. The highest BCUT2D eigenvalue weighted by molar-refractivity contribution is 7.89. The Morgan fingerprint density at radius 1 is 1.33 bits per heavy atom. The van der Waals surface area contributed by atoms with Gasteiger partial charge in [0.25, 0.3) is 0 Å². The van der Waals surface area contributed by atoms with E-state index in [1.807, 2.05) is 0 Å². The van der Waals surface area contributed by atoms with E-state index < -0.39 is 10.0 Å². The van der Waals surface area contributed by atoms with Crippen molar-refractivity contribution in [2.75, 3.05) is 6.54 Å². The molecule has 1 heterocycles. The molecule has 0 saturated heterocycles. The molecule has 2 rings (SSSR count). The number of hydrogen-bond donors (Lipinski definition) is 2. The normalized spacial score (nSPS) is 11.8. The molecule has 0 atom stereocenters. The van der Waals surface area contributed by atoms with E-state index >= 15 is 0 Å². The molecule has 0 saturated carbocycles. The maximum Gasteiger partial charge on any atom is 0.242 e. The van der Waals surface area contributed by atoms with E-state index in [-0.39, 0.29) is 23.0 Å². The number of sulfonamides is 1. The average molecular weight is 349 g/mol. The van der Waals surface area contributed by atoms with Crippen molar-refractivity contribution >= 4 is 33.2 Å². The molecular weight excluding hydrogens is 335 g/mol. The van der Waals surface area contributed by atoms with Crippen molar-refractivity contribution in [2.24, 2.45) is 5.73 Å². The highest BCUT2D eigenvalue weighted by Crippen LogP contribution is 2.30. The fourth-order valence-corrected chi connectivity index (χ4v) is 3.73. The predicted molar refractivity (Wildman–Crippen MR) is 81.8 cm³/mol. The summed E-state index contributed by atoms with van der Waals surface area (Å²) in [6.07, 6.45) is 3.37. The van der Waals surface area contributed by atoms with E-state index in [1.54, 1.807) is 23.1 Å². The van der Waals surface area contributed by atoms with Crippen LogP contribution in [0.2, 0.25) is 10.0 Å². The lowest BCUT2D eigenvalue weighted by Crippen LogP contribution is -2.28. The van der Waals surface area contributed by atoms with Crippen molar-refractivity contribution in [3.8, 4) is 0 Å². The Kier molecular flexibility index (Phi) is 5.23. The third-order valence-electron chi connectivity index (χ3n) is 2.84. The first-order valence-corrected chi connectivity index (χ1v) is 8.33. The van der Waals surface area contributed by atoms with Crippen molar-refractivity contribution in [2.45, 2.75) is 18.0 Å². The van der Waals surface area contributed by atoms with Gasteiger partial charge in [0.15, 0.2) is 0 Å². The van der Waals surface area contributed by atoms with Gasteiger partial charge < -0.3 is 5.73 Å². The SMILES string of the molecule is NCc1c(Cl)ccc(S(=O)(=O)NCCn2cccn2)c1Cl. The molecule has 0 unspecified atom stereocenters. The van der Waals surface area contributed by atoms with Gasteiger partial charge >= 0.3 is 0 Å². The van der Waals surface area contributed by atoms with Crippen LogP contribution in [0.5, 0.6) is 0 Å². The molecule has 6 nitrogen and oxygen atoms in total. The summed E-state index contributed by atoms with van der Waals surface area (Å²) in [5.74, 6) is 0. The van der Waals surface area contributed by atoms with Gasteiger partial charge in [-0.2, -0.15) is 5.10 Å². The minimum Gasteiger partial charge on any atom is -0.326 e. The zero-order valence-electron chi connectivity index (χ0n) is 11.0. The van der Waals surface area contributed by atoms with Crippen molar-refractivity contribution in [3.05, 3.63) is 46.2 Å². The maximum atomic E-state index is 12.3. The molecule has 0 spiro atoms. The first-order valence-electron chi connectivity index (χ1n) is 6.09. The highest BCUT2D eigenvalue weighted by Gasteiger charge is 2.20. The van der Waals surface area contributed by atoms with Gasteiger partial charge in [0.1, 0.15) is 4.90 Å². The lowest BCUT2D eigenvalue weighted by Gasteiger charge is -2.12. The zero-order chi connectivity index (χ0) is 15.5. The number of benzene rings is 1. The van der Waals surface area contributed by atoms with Crippen LogP contribution in [0.1, 0.15) is 5.56 Å². The molecule has 0 radical (unpaired) electrons. The fourth-order valence-electron chi connectivity index (χ4n) is 1.78. The minimum atomic E-state index is -3.73. The number of aromatic nitrogens is 2. The standard InChI is InChI=1S/C12H14Cl2N4O2S/c13-10-2-3-11(12(14)9(10)8-15)21(19,20)17-5-7-18-6-1-4-16-18/h1-4,6,17H,5,7-8,15H2. The first kappa shape index (κ1) is 16.3. The number of rotatable bonds is 6. The summed E-state index contributed by atoms with van der Waals surface area (Å²) >= 11 is 12.0. The van der Waals surface area contributed by atoms with E-state index in [0.29, 0.717) is 17.1 Å². The van der Waals surface area contributed by atoms with Crippen molar-refractivity contribution in [3.63, 3.8) is 0 Å². The van der Waals surface area contributed by atoms with Crippen LogP contribution in [0, 0.1) is 0 Å². The minimum absolute atomic E-state index is 0.0329. The molecule has 0 aliphatic rings.